The van der Waals surface area contributed by atoms with Gasteiger partial charge in [0, 0.05) is 25.2 Å². The van der Waals surface area contributed by atoms with E-state index in [1.54, 1.807) is 17.0 Å². The molecule has 0 bridgehead atoms. The van der Waals surface area contributed by atoms with Crippen LogP contribution < -0.4 is 10.1 Å². The Kier molecular flexibility index (Phi) is 4.90. The molecule has 122 valence electrons. The SMILES string of the molecule is COc1c(F)cccc1C1CN(C(=O)OC(C)(C)C)CCN1. The highest BCUT2D eigenvalue weighted by molar-refractivity contribution is 5.68. The molecule has 1 atom stereocenters. The first-order valence-electron chi connectivity index (χ1n) is 7.35. The predicted octanol–water partition coefficient (Wildman–Crippen LogP) is 2.72. The van der Waals surface area contributed by atoms with Crippen molar-refractivity contribution in [3.8, 4) is 5.75 Å². The summed E-state index contributed by atoms with van der Waals surface area (Å²) in [6.45, 7) is 7.09. The third-order valence-electron chi connectivity index (χ3n) is 3.40. The normalized spacial score (nSPS) is 19.0. The Bertz CT molecular complexity index is 543. The number of carbonyl (C=O) groups is 1. The molecule has 1 amide bonds. The number of amides is 1. The molecule has 2 rings (SSSR count). The molecule has 1 heterocycles. The number of halogens is 1. The van der Waals surface area contributed by atoms with Gasteiger partial charge in [-0.25, -0.2) is 9.18 Å². The molecule has 0 aliphatic carbocycles. The smallest absolute Gasteiger partial charge is 0.410 e. The maximum absolute atomic E-state index is 13.8. The van der Waals surface area contributed by atoms with Crippen LogP contribution in [0.25, 0.3) is 0 Å². The fourth-order valence-corrected chi connectivity index (χ4v) is 2.47. The summed E-state index contributed by atoms with van der Waals surface area (Å²) in [6, 6.07) is 4.61. The Hall–Kier alpha value is -1.82. The van der Waals surface area contributed by atoms with Crippen molar-refractivity contribution in [3.05, 3.63) is 29.6 Å². The standard InChI is InChI=1S/C16H23FN2O3/c1-16(2,3)22-15(20)19-9-8-18-13(10-19)11-6-5-7-12(17)14(11)21-4/h5-7,13,18H,8-10H2,1-4H3. The van der Waals surface area contributed by atoms with E-state index in [2.05, 4.69) is 5.32 Å². The number of piperazine rings is 1. The molecular weight excluding hydrogens is 287 g/mol. The summed E-state index contributed by atoms with van der Waals surface area (Å²) < 4.78 is 24.4. The fraction of sp³-hybridized carbons (Fsp3) is 0.562. The Morgan fingerprint density at radius 2 is 2.14 bits per heavy atom. The minimum atomic E-state index is -0.534. The van der Waals surface area contributed by atoms with E-state index < -0.39 is 11.4 Å². The van der Waals surface area contributed by atoms with Crippen LogP contribution in [0.5, 0.6) is 5.75 Å². The predicted molar refractivity (Wildman–Crippen MR) is 81.5 cm³/mol. The second-order valence-electron chi connectivity index (χ2n) is 6.30. The molecule has 0 saturated carbocycles. The second kappa shape index (κ2) is 6.52. The van der Waals surface area contributed by atoms with E-state index in [1.165, 1.54) is 13.2 Å². The van der Waals surface area contributed by atoms with Crippen LogP contribution in [0.3, 0.4) is 0 Å². The minimum Gasteiger partial charge on any atom is -0.493 e. The summed E-state index contributed by atoms with van der Waals surface area (Å²) in [5.74, 6) is -0.192. The number of benzene rings is 1. The van der Waals surface area contributed by atoms with Crippen molar-refractivity contribution in [2.45, 2.75) is 32.4 Å². The van der Waals surface area contributed by atoms with Gasteiger partial charge < -0.3 is 19.7 Å². The first-order valence-corrected chi connectivity index (χ1v) is 7.35. The van der Waals surface area contributed by atoms with Gasteiger partial charge in [0.25, 0.3) is 0 Å². The number of hydrogen-bond acceptors (Lipinski definition) is 4. The number of methoxy groups -OCH3 is 1. The molecule has 1 fully saturated rings. The first-order chi connectivity index (χ1) is 10.3. The summed E-state index contributed by atoms with van der Waals surface area (Å²) in [7, 11) is 1.44. The number of para-hydroxylation sites is 1. The van der Waals surface area contributed by atoms with Crippen molar-refractivity contribution in [2.24, 2.45) is 0 Å². The zero-order chi connectivity index (χ0) is 16.3. The van der Waals surface area contributed by atoms with Crippen molar-refractivity contribution >= 4 is 6.09 Å². The van der Waals surface area contributed by atoms with Crippen LogP contribution in [-0.2, 0) is 4.74 Å². The highest BCUT2D eigenvalue weighted by Crippen LogP contribution is 2.29. The zero-order valence-electron chi connectivity index (χ0n) is 13.5. The number of nitrogens with one attached hydrogen (secondary N) is 1. The highest BCUT2D eigenvalue weighted by Gasteiger charge is 2.29. The van der Waals surface area contributed by atoms with Gasteiger partial charge >= 0.3 is 6.09 Å². The quantitative estimate of drug-likeness (QED) is 0.912. The molecule has 1 unspecified atom stereocenters. The van der Waals surface area contributed by atoms with Crippen molar-refractivity contribution in [1.29, 1.82) is 0 Å². The van der Waals surface area contributed by atoms with Gasteiger partial charge in [0.1, 0.15) is 5.60 Å². The second-order valence-corrected chi connectivity index (χ2v) is 6.30. The first kappa shape index (κ1) is 16.5. The van der Waals surface area contributed by atoms with Crippen molar-refractivity contribution in [3.63, 3.8) is 0 Å². The molecule has 22 heavy (non-hydrogen) atoms. The largest absolute Gasteiger partial charge is 0.493 e. The Balaban J connectivity index is 2.14. The number of carbonyl (C=O) groups excluding carboxylic acids is 1. The van der Waals surface area contributed by atoms with E-state index >= 15 is 0 Å². The third kappa shape index (κ3) is 3.88. The van der Waals surface area contributed by atoms with E-state index in [4.69, 9.17) is 9.47 Å². The van der Waals surface area contributed by atoms with Crippen LogP contribution in [0.15, 0.2) is 18.2 Å². The average Bonchev–Trinajstić information content (AvgIpc) is 2.45. The van der Waals surface area contributed by atoms with Gasteiger partial charge in [0.15, 0.2) is 11.6 Å². The summed E-state index contributed by atoms with van der Waals surface area (Å²) in [5, 5.41) is 3.29. The molecule has 6 heteroatoms. The maximum atomic E-state index is 13.8. The number of rotatable bonds is 2. The molecule has 1 aromatic carbocycles. The van der Waals surface area contributed by atoms with Crippen LogP contribution in [-0.4, -0.2) is 43.3 Å². The lowest BCUT2D eigenvalue weighted by atomic mass is 10.0. The van der Waals surface area contributed by atoms with Crippen molar-refractivity contribution in [1.82, 2.24) is 10.2 Å². The van der Waals surface area contributed by atoms with E-state index in [0.29, 0.717) is 25.2 Å². The van der Waals surface area contributed by atoms with Gasteiger partial charge in [-0.1, -0.05) is 12.1 Å². The molecular formula is C16H23FN2O3. The van der Waals surface area contributed by atoms with Gasteiger partial charge in [-0.15, -0.1) is 0 Å². The van der Waals surface area contributed by atoms with Crippen LogP contribution >= 0.6 is 0 Å². The topological polar surface area (TPSA) is 50.8 Å². The van der Waals surface area contributed by atoms with Crippen LogP contribution in [0, 0.1) is 5.82 Å². The molecule has 1 saturated heterocycles. The monoisotopic (exact) mass is 310 g/mol. The number of hydrogen-bond donors (Lipinski definition) is 1. The molecule has 0 spiro atoms. The highest BCUT2D eigenvalue weighted by atomic mass is 19.1. The molecule has 1 aromatic rings. The van der Waals surface area contributed by atoms with Crippen molar-refractivity contribution < 1.29 is 18.7 Å². The summed E-state index contributed by atoms with van der Waals surface area (Å²) >= 11 is 0. The maximum Gasteiger partial charge on any atom is 0.410 e. The van der Waals surface area contributed by atoms with Crippen molar-refractivity contribution in [2.75, 3.05) is 26.7 Å². The van der Waals surface area contributed by atoms with Gasteiger partial charge in [0.05, 0.1) is 13.2 Å². The number of nitrogens with zero attached hydrogens (tertiary/aromatic N) is 1. The van der Waals surface area contributed by atoms with Gasteiger partial charge in [0.2, 0.25) is 0 Å². The molecule has 0 radical (unpaired) electrons. The third-order valence-corrected chi connectivity index (χ3v) is 3.40. The average molecular weight is 310 g/mol. The fourth-order valence-electron chi connectivity index (χ4n) is 2.47. The Morgan fingerprint density at radius 3 is 2.77 bits per heavy atom. The Morgan fingerprint density at radius 1 is 1.41 bits per heavy atom. The molecule has 1 aliphatic rings. The van der Waals surface area contributed by atoms with Crippen LogP contribution in [0.2, 0.25) is 0 Å². The van der Waals surface area contributed by atoms with Crippen LogP contribution in [0.1, 0.15) is 32.4 Å². The molecule has 1 N–H and O–H groups in total. The van der Waals surface area contributed by atoms with Crippen LogP contribution in [0.4, 0.5) is 9.18 Å². The molecule has 0 aromatic heterocycles. The minimum absolute atomic E-state index is 0.188. The van der Waals surface area contributed by atoms with E-state index in [9.17, 15) is 9.18 Å². The number of ether oxygens (including phenoxy) is 2. The van der Waals surface area contributed by atoms with E-state index in [-0.39, 0.29) is 17.9 Å². The lowest BCUT2D eigenvalue weighted by Gasteiger charge is -2.35. The Labute approximate surface area is 130 Å². The zero-order valence-corrected chi connectivity index (χ0v) is 13.5. The summed E-state index contributed by atoms with van der Waals surface area (Å²) in [6.07, 6.45) is -0.352. The van der Waals surface area contributed by atoms with Gasteiger partial charge in [-0.3, -0.25) is 0 Å². The molecule has 1 aliphatic heterocycles. The van der Waals surface area contributed by atoms with E-state index in [0.717, 1.165) is 0 Å². The summed E-state index contributed by atoms with van der Waals surface area (Å²) in [5.41, 5.74) is 0.171. The van der Waals surface area contributed by atoms with Gasteiger partial charge in [-0.2, -0.15) is 0 Å². The van der Waals surface area contributed by atoms with E-state index in [1.807, 2.05) is 20.8 Å². The summed E-state index contributed by atoms with van der Waals surface area (Å²) in [4.78, 5) is 13.8. The molecule has 5 nitrogen and oxygen atoms in total. The lowest BCUT2D eigenvalue weighted by Crippen LogP contribution is -2.49. The van der Waals surface area contributed by atoms with Gasteiger partial charge in [-0.05, 0) is 26.8 Å². The lowest BCUT2D eigenvalue weighted by molar-refractivity contribution is 0.0194.